The van der Waals surface area contributed by atoms with Gasteiger partial charge in [-0.1, -0.05) is 52.0 Å². The Kier molecular flexibility index (Phi) is 24.7. The molecule has 4 N–H and O–H groups in total. The summed E-state index contributed by atoms with van der Waals surface area (Å²) in [5, 5.41) is 5.72. The van der Waals surface area contributed by atoms with Crippen LogP contribution >= 0.6 is 0 Å². The fraction of sp³-hybridized carbons (Fsp3) is 0.545. The second kappa shape index (κ2) is 32.4. The lowest BCUT2D eigenvalue weighted by atomic mass is 10.0. The number of piperazine rings is 2. The van der Waals surface area contributed by atoms with Crippen LogP contribution in [0, 0.1) is 11.8 Å². The third-order valence-corrected chi connectivity index (χ3v) is 16.9. The second-order valence-electron chi connectivity index (χ2n) is 24.4. The van der Waals surface area contributed by atoms with Gasteiger partial charge in [0, 0.05) is 76.6 Å². The number of nitrogens with zero attached hydrogens (tertiary/aromatic N) is 4. The molecule has 27 heteroatoms. The molecular weight excluding hydrogens is 1230 g/mol. The largest absolute Gasteiger partial charge is 0.493 e. The fourth-order valence-corrected chi connectivity index (χ4v) is 12.2. The van der Waals surface area contributed by atoms with Crippen molar-refractivity contribution >= 4 is 46.0 Å². The van der Waals surface area contributed by atoms with Crippen LogP contribution < -0.4 is 48.5 Å². The minimum atomic E-state index is -4.67. The summed E-state index contributed by atoms with van der Waals surface area (Å²) in [4.78, 5) is 86.8. The molecule has 508 valence electrons. The second-order valence-corrected chi connectivity index (χ2v) is 25.3. The first-order chi connectivity index (χ1) is 44.4. The molecule has 2 aliphatic carbocycles. The number of methoxy groups -OCH3 is 6. The Morgan fingerprint density at radius 2 is 0.828 bits per heavy atom. The van der Waals surface area contributed by atoms with E-state index in [1.807, 2.05) is 76.2 Å². The Balaban J connectivity index is 0.000000223. The summed E-state index contributed by atoms with van der Waals surface area (Å²) in [7, 11) is 4.87. The number of carbonyl (C=O) groups is 6. The van der Waals surface area contributed by atoms with E-state index in [0.29, 0.717) is 124 Å². The van der Waals surface area contributed by atoms with Gasteiger partial charge in [0.15, 0.2) is 47.4 Å². The molecule has 0 saturated carbocycles. The molecule has 4 aliphatic heterocycles. The highest BCUT2D eigenvalue weighted by atomic mass is 32.3. The molecule has 0 radical (unpaired) electrons. The third kappa shape index (κ3) is 19.2. The molecule has 4 aromatic rings. The van der Waals surface area contributed by atoms with E-state index < -0.39 is 70.7 Å². The molecule has 6 aliphatic rings. The van der Waals surface area contributed by atoms with E-state index in [1.54, 1.807) is 64.6 Å². The molecule has 0 bridgehead atoms. The van der Waals surface area contributed by atoms with Crippen LogP contribution in [0.25, 0.3) is 0 Å². The van der Waals surface area contributed by atoms with E-state index in [9.17, 15) is 28.8 Å². The molecule has 26 nitrogen and oxygen atoms in total. The lowest BCUT2D eigenvalue weighted by molar-refractivity contribution is -0.139. The van der Waals surface area contributed by atoms with Gasteiger partial charge < -0.3 is 67.8 Å². The topological polar surface area (TPSA) is 313 Å². The maximum atomic E-state index is 13.6. The van der Waals surface area contributed by atoms with Crippen molar-refractivity contribution in [2.45, 2.75) is 129 Å². The molecule has 4 aromatic carbocycles. The normalized spacial score (nSPS) is 19.6. The number of carbonyl (C=O) groups excluding carboxylic acids is 6. The first kappa shape index (κ1) is 71.1. The van der Waals surface area contributed by atoms with Crippen LogP contribution in [-0.2, 0) is 87.4 Å². The van der Waals surface area contributed by atoms with Crippen LogP contribution in [0.3, 0.4) is 0 Å². The summed E-state index contributed by atoms with van der Waals surface area (Å²) < 4.78 is 86.5. The van der Waals surface area contributed by atoms with Crippen LogP contribution in [0.2, 0.25) is 0 Å². The first-order valence-corrected chi connectivity index (χ1v) is 32.7. The number of fused-ring (bicyclic) bond motifs is 2. The van der Waals surface area contributed by atoms with Crippen molar-refractivity contribution in [3.63, 3.8) is 0 Å². The summed E-state index contributed by atoms with van der Waals surface area (Å²) >= 11 is 0. The SMILES string of the molecule is COc1ccc(CN2CCN(C(=O)[C@H](CC(C)C)NC(=O)[C@@H]3O[C@H]3C(=O)Oc3ccc4c(c3)CCC4)CC2)c(OC)c1OC.COc1ccc(CN2CCN(C(=O)[C@H](CC(C)C)NC(=O)[C@@H]3O[C@H]3C(=O)Oc3ccc4c(c3)CCC4)CC2)c(OC)c1OC.O=S(=O)(O)O. The monoisotopic (exact) mass is 1320 g/mol. The van der Waals surface area contributed by atoms with E-state index in [1.165, 1.54) is 22.3 Å². The van der Waals surface area contributed by atoms with Crippen LogP contribution in [0.1, 0.15) is 86.8 Å². The van der Waals surface area contributed by atoms with Gasteiger partial charge in [-0.15, -0.1) is 0 Å². The zero-order valence-electron chi connectivity index (χ0n) is 54.6. The Hall–Kier alpha value is -7.79. The number of aryl methyl sites for hydroxylation is 4. The fourth-order valence-electron chi connectivity index (χ4n) is 12.2. The highest BCUT2D eigenvalue weighted by Crippen LogP contribution is 2.42. The highest BCUT2D eigenvalue weighted by Gasteiger charge is 2.54. The molecule has 0 aromatic heterocycles. The van der Waals surface area contributed by atoms with Gasteiger partial charge in [0.05, 0.1) is 42.7 Å². The summed E-state index contributed by atoms with van der Waals surface area (Å²) in [6.07, 6.45) is 3.29. The van der Waals surface area contributed by atoms with Gasteiger partial charge in [0.2, 0.25) is 23.3 Å². The average Bonchev–Trinajstić information content (AvgIpc) is 1.72. The number of epoxide rings is 2. The lowest BCUT2D eigenvalue weighted by Crippen LogP contribution is -2.55. The van der Waals surface area contributed by atoms with Gasteiger partial charge in [0.1, 0.15) is 23.6 Å². The van der Waals surface area contributed by atoms with Crippen molar-refractivity contribution in [3.8, 4) is 46.0 Å². The number of hydrogen-bond acceptors (Lipinski definition) is 20. The maximum Gasteiger partial charge on any atom is 0.394 e. The Labute approximate surface area is 543 Å². The molecule has 93 heavy (non-hydrogen) atoms. The minimum Gasteiger partial charge on any atom is -0.493 e. The zero-order valence-corrected chi connectivity index (χ0v) is 55.4. The molecule has 4 amide bonds. The van der Waals surface area contributed by atoms with Gasteiger partial charge in [0.25, 0.3) is 11.8 Å². The number of benzene rings is 4. The number of rotatable bonds is 24. The Morgan fingerprint density at radius 3 is 1.15 bits per heavy atom. The number of hydrogen-bond donors (Lipinski definition) is 4. The van der Waals surface area contributed by atoms with Crippen molar-refractivity contribution in [2.24, 2.45) is 11.8 Å². The molecular formula is C66H88N6O20S. The molecule has 0 unspecified atom stereocenters. The van der Waals surface area contributed by atoms with Crippen molar-refractivity contribution in [3.05, 3.63) is 94.0 Å². The molecule has 6 atom stereocenters. The van der Waals surface area contributed by atoms with Crippen LogP contribution in [0.15, 0.2) is 60.7 Å². The van der Waals surface area contributed by atoms with Gasteiger partial charge >= 0.3 is 22.3 Å². The van der Waals surface area contributed by atoms with Gasteiger partial charge in [-0.25, -0.2) is 9.59 Å². The lowest BCUT2D eigenvalue weighted by Gasteiger charge is -2.37. The predicted molar refractivity (Wildman–Crippen MR) is 338 cm³/mol. The molecule has 0 spiro atoms. The first-order valence-electron chi connectivity index (χ1n) is 31.3. The smallest absolute Gasteiger partial charge is 0.394 e. The van der Waals surface area contributed by atoms with Gasteiger partial charge in [-0.05, 0) is 122 Å². The summed E-state index contributed by atoms with van der Waals surface area (Å²) in [5.41, 5.74) is 6.87. The number of nitrogens with one attached hydrogen (secondary N) is 2. The van der Waals surface area contributed by atoms with Gasteiger partial charge in [-0.3, -0.25) is 38.1 Å². The summed E-state index contributed by atoms with van der Waals surface area (Å²) in [6, 6.07) is 17.5. The van der Waals surface area contributed by atoms with E-state index >= 15 is 0 Å². The van der Waals surface area contributed by atoms with E-state index in [4.69, 9.17) is 64.9 Å². The van der Waals surface area contributed by atoms with E-state index in [0.717, 1.165) is 49.7 Å². The molecule has 10 rings (SSSR count). The third-order valence-electron chi connectivity index (χ3n) is 16.9. The van der Waals surface area contributed by atoms with E-state index in [-0.39, 0.29) is 23.7 Å². The van der Waals surface area contributed by atoms with Crippen molar-refractivity contribution < 1.29 is 93.7 Å². The van der Waals surface area contributed by atoms with E-state index in [2.05, 4.69) is 20.4 Å². The summed E-state index contributed by atoms with van der Waals surface area (Å²) in [5.74, 6) is 2.40. The standard InChI is InChI=1S/2C33H43N3O8.H2O4S/c2*1-20(2)17-25(34-31(37)29-30(44-29)33(39)43-24-11-9-21-7-6-8-22(21)18-24)32(38)36-15-13-35(14-16-36)19-23-10-12-26(40-3)28(42-5)27(23)41-4;1-5(2,3)4/h2*9-12,18,20,25,29-30H,6-8,13-17,19H2,1-5H3,(H,34,37);(H2,1,2,3,4)/t2*25-,29+,30+;/m00./s1. The average molecular weight is 1320 g/mol. The Morgan fingerprint density at radius 1 is 0.484 bits per heavy atom. The van der Waals surface area contributed by atoms with Crippen molar-refractivity contribution in [1.82, 2.24) is 30.2 Å². The van der Waals surface area contributed by atoms with Gasteiger partial charge in [-0.2, -0.15) is 8.42 Å². The summed E-state index contributed by atoms with van der Waals surface area (Å²) in [6.45, 7) is 14.0. The Bertz CT molecular complexity index is 3210. The quantitative estimate of drug-likeness (QED) is 0.0315. The minimum absolute atomic E-state index is 0.131. The molecule has 4 fully saturated rings. The molecule has 4 heterocycles. The van der Waals surface area contributed by atoms with Crippen LogP contribution in [0.4, 0.5) is 0 Å². The van der Waals surface area contributed by atoms with Crippen molar-refractivity contribution in [2.75, 3.05) is 95.0 Å². The number of ether oxygens (including phenoxy) is 10. The number of amides is 4. The molecule has 4 saturated heterocycles. The number of esters is 2. The maximum absolute atomic E-state index is 13.6. The predicted octanol–water partition coefficient (Wildman–Crippen LogP) is 4.85. The highest BCUT2D eigenvalue weighted by molar-refractivity contribution is 7.79. The van der Waals surface area contributed by atoms with Crippen LogP contribution in [-0.4, -0.2) is 204 Å². The van der Waals surface area contributed by atoms with Crippen LogP contribution in [0.5, 0.6) is 46.0 Å². The van der Waals surface area contributed by atoms with Crippen molar-refractivity contribution in [1.29, 1.82) is 0 Å². The zero-order chi connectivity index (χ0) is 67.3.